The molecule has 2 nitrogen and oxygen atoms in total. The van der Waals surface area contributed by atoms with Crippen molar-refractivity contribution in [2.75, 3.05) is 18.0 Å². The van der Waals surface area contributed by atoms with Gasteiger partial charge in [-0.05, 0) is 25.2 Å². The van der Waals surface area contributed by atoms with E-state index < -0.39 is 0 Å². The second-order valence-corrected chi connectivity index (χ2v) is 4.42. The summed E-state index contributed by atoms with van der Waals surface area (Å²) in [5.41, 5.74) is 1.43. The maximum atomic E-state index is 13.3. The Balaban J connectivity index is 1.86. The smallest absolute Gasteiger partial charge is 0.146 e. The maximum Gasteiger partial charge on any atom is 0.146 e. The van der Waals surface area contributed by atoms with Crippen LogP contribution in [0.5, 0.6) is 0 Å². The minimum absolute atomic E-state index is 0.192. The molecule has 0 spiro atoms. The number of pyridine rings is 1. The van der Waals surface area contributed by atoms with Gasteiger partial charge < -0.3 is 4.90 Å². The van der Waals surface area contributed by atoms with Crippen molar-refractivity contribution in [1.82, 2.24) is 4.98 Å². The van der Waals surface area contributed by atoms with Gasteiger partial charge in [0.05, 0.1) is 17.6 Å². The molecule has 0 aromatic carbocycles. The second-order valence-electron chi connectivity index (χ2n) is 4.42. The van der Waals surface area contributed by atoms with E-state index in [1.807, 2.05) is 0 Å². The average molecular weight is 192 g/mol. The number of piperidine rings is 1. The highest BCUT2D eigenvalue weighted by atomic mass is 19.1. The fourth-order valence-electron chi connectivity index (χ4n) is 2.28. The van der Waals surface area contributed by atoms with Gasteiger partial charge in [-0.1, -0.05) is 0 Å². The largest absolute Gasteiger partial charge is 0.370 e. The standard InChI is InChI=1S/C11H13FN2/c1-7-11(12)3-10(4-13-7)14-5-8-2-9(8)6-14/h3-4,8-9H,2,5-6H2,1H3. The van der Waals surface area contributed by atoms with Gasteiger partial charge in [0.2, 0.25) is 0 Å². The van der Waals surface area contributed by atoms with E-state index in [4.69, 9.17) is 0 Å². The van der Waals surface area contributed by atoms with E-state index >= 15 is 0 Å². The van der Waals surface area contributed by atoms with Gasteiger partial charge in [0.15, 0.2) is 0 Å². The van der Waals surface area contributed by atoms with Gasteiger partial charge in [-0.3, -0.25) is 4.98 Å². The third-order valence-corrected chi connectivity index (χ3v) is 3.35. The van der Waals surface area contributed by atoms with E-state index in [1.165, 1.54) is 6.42 Å². The summed E-state index contributed by atoms with van der Waals surface area (Å²) in [6.45, 7) is 3.88. The molecule has 2 fully saturated rings. The van der Waals surface area contributed by atoms with Gasteiger partial charge in [-0.15, -0.1) is 0 Å². The third-order valence-electron chi connectivity index (χ3n) is 3.35. The Morgan fingerprint density at radius 3 is 2.79 bits per heavy atom. The summed E-state index contributed by atoms with van der Waals surface area (Å²) in [4.78, 5) is 6.29. The molecule has 1 aromatic heterocycles. The highest BCUT2D eigenvalue weighted by Crippen LogP contribution is 2.46. The van der Waals surface area contributed by atoms with Crippen LogP contribution < -0.4 is 4.90 Å². The molecule has 0 bridgehead atoms. The molecule has 3 rings (SSSR count). The van der Waals surface area contributed by atoms with E-state index in [9.17, 15) is 4.39 Å². The van der Waals surface area contributed by atoms with Crippen LogP contribution in [0.2, 0.25) is 0 Å². The number of aromatic nitrogens is 1. The molecule has 0 radical (unpaired) electrons. The Labute approximate surface area is 82.8 Å². The Bertz CT molecular complexity index is 368. The van der Waals surface area contributed by atoms with E-state index in [0.717, 1.165) is 30.6 Å². The summed E-state index contributed by atoms with van der Waals surface area (Å²) in [7, 11) is 0. The first kappa shape index (κ1) is 8.21. The van der Waals surface area contributed by atoms with E-state index in [1.54, 1.807) is 19.2 Å². The number of fused-ring (bicyclic) bond motifs is 1. The topological polar surface area (TPSA) is 16.1 Å². The normalized spacial score (nSPS) is 29.1. The predicted octanol–water partition coefficient (Wildman–Crippen LogP) is 1.99. The van der Waals surface area contributed by atoms with Crippen LogP contribution in [-0.2, 0) is 0 Å². The average Bonchev–Trinajstić information content (AvgIpc) is 2.78. The van der Waals surface area contributed by atoms with Gasteiger partial charge in [-0.25, -0.2) is 4.39 Å². The van der Waals surface area contributed by atoms with Crippen LogP contribution in [0.4, 0.5) is 10.1 Å². The predicted molar refractivity (Wildman–Crippen MR) is 52.7 cm³/mol. The van der Waals surface area contributed by atoms with Gasteiger partial charge >= 0.3 is 0 Å². The lowest BCUT2D eigenvalue weighted by molar-refractivity contribution is 0.608. The monoisotopic (exact) mass is 192 g/mol. The lowest BCUT2D eigenvalue weighted by Gasteiger charge is -2.19. The van der Waals surface area contributed by atoms with Crippen molar-refractivity contribution in [2.45, 2.75) is 13.3 Å². The summed E-state index contributed by atoms with van der Waals surface area (Å²) >= 11 is 0. The number of anilines is 1. The minimum Gasteiger partial charge on any atom is -0.370 e. The van der Waals surface area contributed by atoms with Crippen molar-refractivity contribution >= 4 is 5.69 Å². The van der Waals surface area contributed by atoms with Crippen LogP contribution in [0, 0.1) is 24.6 Å². The van der Waals surface area contributed by atoms with Crippen molar-refractivity contribution in [3.8, 4) is 0 Å². The lowest BCUT2D eigenvalue weighted by atomic mass is 10.3. The van der Waals surface area contributed by atoms with E-state index in [2.05, 4.69) is 9.88 Å². The van der Waals surface area contributed by atoms with Crippen molar-refractivity contribution in [3.63, 3.8) is 0 Å². The lowest BCUT2D eigenvalue weighted by Crippen LogP contribution is -2.22. The maximum absolute atomic E-state index is 13.3. The molecule has 14 heavy (non-hydrogen) atoms. The zero-order valence-electron chi connectivity index (χ0n) is 8.20. The summed E-state index contributed by atoms with van der Waals surface area (Å²) in [6, 6.07) is 1.60. The minimum atomic E-state index is -0.192. The first-order valence-corrected chi connectivity index (χ1v) is 5.11. The molecule has 1 saturated heterocycles. The molecule has 2 heterocycles. The van der Waals surface area contributed by atoms with Crippen LogP contribution in [-0.4, -0.2) is 18.1 Å². The Hall–Kier alpha value is -1.12. The molecule has 2 unspecified atom stereocenters. The van der Waals surface area contributed by atoms with Crippen molar-refractivity contribution in [3.05, 3.63) is 23.8 Å². The highest BCUT2D eigenvalue weighted by Gasteiger charge is 2.45. The Kier molecular flexibility index (Phi) is 1.58. The number of aryl methyl sites for hydroxylation is 1. The van der Waals surface area contributed by atoms with Crippen LogP contribution in [0.15, 0.2) is 12.3 Å². The van der Waals surface area contributed by atoms with E-state index in [0.29, 0.717) is 5.69 Å². The SMILES string of the molecule is Cc1ncc(N2CC3CC3C2)cc1F. The van der Waals surface area contributed by atoms with Crippen LogP contribution in [0.1, 0.15) is 12.1 Å². The molecule has 2 aliphatic rings. The Morgan fingerprint density at radius 2 is 2.14 bits per heavy atom. The van der Waals surface area contributed by atoms with Gasteiger partial charge in [0, 0.05) is 19.2 Å². The molecule has 1 aromatic rings. The number of halogens is 1. The van der Waals surface area contributed by atoms with Crippen LogP contribution >= 0.6 is 0 Å². The molecule has 1 aliphatic carbocycles. The highest BCUT2D eigenvalue weighted by molar-refractivity contribution is 5.47. The molecule has 3 heteroatoms. The molecular formula is C11H13FN2. The molecule has 74 valence electrons. The molecule has 0 N–H and O–H groups in total. The summed E-state index contributed by atoms with van der Waals surface area (Å²) in [6.07, 6.45) is 3.15. The van der Waals surface area contributed by atoms with Crippen LogP contribution in [0.3, 0.4) is 0 Å². The summed E-state index contributed by atoms with van der Waals surface area (Å²) in [5.74, 6) is 1.56. The molecule has 1 saturated carbocycles. The molecular weight excluding hydrogens is 179 g/mol. The number of hydrogen-bond donors (Lipinski definition) is 0. The van der Waals surface area contributed by atoms with Gasteiger partial charge in [0.25, 0.3) is 0 Å². The summed E-state index contributed by atoms with van der Waals surface area (Å²) in [5, 5.41) is 0. The van der Waals surface area contributed by atoms with Gasteiger partial charge in [-0.2, -0.15) is 0 Å². The van der Waals surface area contributed by atoms with Crippen molar-refractivity contribution < 1.29 is 4.39 Å². The fourth-order valence-corrected chi connectivity index (χ4v) is 2.28. The number of rotatable bonds is 1. The quantitative estimate of drug-likeness (QED) is 0.676. The zero-order valence-corrected chi connectivity index (χ0v) is 8.20. The number of hydrogen-bond acceptors (Lipinski definition) is 2. The summed E-state index contributed by atoms with van der Waals surface area (Å²) < 4.78 is 13.3. The van der Waals surface area contributed by atoms with Gasteiger partial charge in [0.1, 0.15) is 5.82 Å². The zero-order chi connectivity index (χ0) is 9.71. The third kappa shape index (κ3) is 1.19. The first-order valence-electron chi connectivity index (χ1n) is 5.11. The second kappa shape index (κ2) is 2.69. The van der Waals surface area contributed by atoms with Crippen molar-refractivity contribution in [1.29, 1.82) is 0 Å². The van der Waals surface area contributed by atoms with E-state index in [-0.39, 0.29) is 5.82 Å². The fraction of sp³-hybridized carbons (Fsp3) is 0.545. The van der Waals surface area contributed by atoms with Crippen LogP contribution in [0.25, 0.3) is 0 Å². The Morgan fingerprint density at radius 1 is 1.43 bits per heavy atom. The first-order chi connectivity index (χ1) is 6.74. The molecule has 0 amide bonds. The van der Waals surface area contributed by atoms with Crippen molar-refractivity contribution in [2.24, 2.45) is 11.8 Å². The number of nitrogens with zero attached hydrogens (tertiary/aromatic N) is 2. The molecule has 2 atom stereocenters. The molecule has 1 aliphatic heterocycles.